The van der Waals surface area contributed by atoms with Gasteiger partial charge in [0.25, 0.3) is 0 Å². The molecule has 18 heavy (non-hydrogen) atoms. The Morgan fingerprint density at radius 2 is 1.50 bits per heavy atom. The summed E-state index contributed by atoms with van der Waals surface area (Å²) in [5, 5.41) is 9.17. The molecule has 2 aromatic rings. The average molecular weight is 237 g/mol. The Kier molecular flexibility index (Phi) is 5.14. The quantitative estimate of drug-likeness (QED) is 0.694. The molecule has 0 aromatic heterocycles. The van der Waals surface area contributed by atoms with E-state index in [9.17, 15) is 0 Å². The Morgan fingerprint density at radius 1 is 0.889 bits per heavy atom. The first-order chi connectivity index (χ1) is 8.72. The molecule has 2 aromatic carbocycles. The molecule has 0 aliphatic rings. The molecule has 0 amide bonds. The van der Waals surface area contributed by atoms with Crippen LogP contribution < -0.4 is 0 Å². The van der Waals surface area contributed by atoms with E-state index in [4.69, 9.17) is 5.26 Å². The zero-order valence-electron chi connectivity index (χ0n) is 11.5. The van der Waals surface area contributed by atoms with Crippen LogP contribution in [0.5, 0.6) is 0 Å². The molecule has 0 aliphatic carbocycles. The van der Waals surface area contributed by atoms with Crippen LogP contribution in [-0.4, -0.2) is 0 Å². The smallest absolute Gasteiger partial charge is 0.100 e. The van der Waals surface area contributed by atoms with Crippen molar-refractivity contribution in [1.29, 1.82) is 5.26 Å². The van der Waals surface area contributed by atoms with E-state index in [2.05, 4.69) is 37.3 Å². The Hall–Kier alpha value is -2.07. The largest absolute Gasteiger partial charge is 0.192 e. The van der Waals surface area contributed by atoms with Gasteiger partial charge in [0.1, 0.15) is 6.07 Å². The second-order valence-corrected chi connectivity index (χ2v) is 3.98. The van der Waals surface area contributed by atoms with E-state index in [1.165, 1.54) is 5.56 Å². The molecule has 0 radical (unpaired) electrons. The predicted molar refractivity (Wildman–Crippen MR) is 77.4 cm³/mol. The third-order valence-electron chi connectivity index (χ3n) is 2.75. The highest BCUT2D eigenvalue weighted by Gasteiger charge is 2.06. The number of aryl methyl sites for hydroxylation is 2. The minimum absolute atomic E-state index is 0.770. The Bertz CT molecular complexity index is 545. The molecule has 0 atom stereocenters. The normalized spacial score (nSPS) is 9.06. The number of rotatable bonds is 1. The summed E-state index contributed by atoms with van der Waals surface area (Å²) in [4.78, 5) is 0. The highest BCUT2D eigenvalue weighted by Crippen LogP contribution is 2.25. The van der Waals surface area contributed by atoms with E-state index in [0.717, 1.165) is 22.3 Å². The Morgan fingerprint density at radius 3 is 2.06 bits per heavy atom. The van der Waals surface area contributed by atoms with Crippen LogP contribution in [0.2, 0.25) is 0 Å². The first-order valence-corrected chi connectivity index (χ1v) is 6.29. The van der Waals surface area contributed by atoms with Crippen LogP contribution in [-0.2, 0) is 0 Å². The molecule has 0 fully saturated rings. The molecule has 0 saturated heterocycles. The molecule has 0 bridgehead atoms. The van der Waals surface area contributed by atoms with Gasteiger partial charge >= 0.3 is 0 Å². The SMILES string of the molecule is CC.Cc1ccc(-c2cccc(C)c2C#N)cc1. The molecular weight excluding hydrogens is 218 g/mol. The van der Waals surface area contributed by atoms with Crippen molar-refractivity contribution in [2.24, 2.45) is 0 Å². The van der Waals surface area contributed by atoms with Crippen LogP contribution in [0.15, 0.2) is 42.5 Å². The molecule has 92 valence electrons. The summed E-state index contributed by atoms with van der Waals surface area (Å²) in [6.45, 7) is 8.03. The van der Waals surface area contributed by atoms with Crippen molar-refractivity contribution in [3.63, 3.8) is 0 Å². The fraction of sp³-hybridized carbons (Fsp3) is 0.235. The summed E-state index contributed by atoms with van der Waals surface area (Å²) < 4.78 is 0. The molecule has 0 heterocycles. The van der Waals surface area contributed by atoms with Gasteiger partial charge in [-0.1, -0.05) is 61.9 Å². The van der Waals surface area contributed by atoms with Crippen molar-refractivity contribution in [3.8, 4) is 17.2 Å². The highest BCUT2D eigenvalue weighted by atomic mass is 14.3. The number of nitriles is 1. The second-order valence-electron chi connectivity index (χ2n) is 3.98. The maximum atomic E-state index is 9.17. The van der Waals surface area contributed by atoms with E-state index in [-0.39, 0.29) is 0 Å². The van der Waals surface area contributed by atoms with E-state index in [1.807, 2.05) is 39.0 Å². The Balaban J connectivity index is 0.000000771. The maximum Gasteiger partial charge on any atom is 0.100 e. The molecule has 0 unspecified atom stereocenters. The van der Waals surface area contributed by atoms with Gasteiger partial charge in [-0.15, -0.1) is 0 Å². The molecule has 0 spiro atoms. The van der Waals surface area contributed by atoms with Crippen LogP contribution in [0.1, 0.15) is 30.5 Å². The van der Waals surface area contributed by atoms with Crippen molar-refractivity contribution in [2.75, 3.05) is 0 Å². The number of hydrogen-bond donors (Lipinski definition) is 0. The van der Waals surface area contributed by atoms with Crippen molar-refractivity contribution in [3.05, 3.63) is 59.2 Å². The molecule has 0 saturated carbocycles. The number of nitrogens with zero attached hydrogens (tertiary/aromatic N) is 1. The van der Waals surface area contributed by atoms with Crippen molar-refractivity contribution in [1.82, 2.24) is 0 Å². The third-order valence-corrected chi connectivity index (χ3v) is 2.75. The van der Waals surface area contributed by atoms with E-state index in [0.29, 0.717) is 0 Å². The van der Waals surface area contributed by atoms with Gasteiger partial charge in [-0.2, -0.15) is 5.26 Å². The fourth-order valence-corrected chi connectivity index (χ4v) is 1.79. The van der Waals surface area contributed by atoms with Crippen LogP contribution in [0.25, 0.3) is 11.1 Å². The molecule has 2 rings (SSSR count). The monoisotopic (exact) mass is 237 g/mol. The molecule has 1 heteroatoms. The highest BCUT2D eigenvalue weighted by molar-refractivity contribution is 5.72. The maximum absolute atomic E-state index is 9.17. The lowest BCUT2D eigenvalue weighted by Gasteiger charge is -2.06. The summed E-state index contributed by atoms with van der Waals surface area (Å²) in [5.74, 6) is 0. The van der Waals surface area contributed by atoms with Crippen molar-refractivity contribution >= 4 is 0 Å². The van der Waals surface area contributed by atoms with Gasteiger partial charge in [0, 0.05) is 0 Å². The van der Waals surface area contributed by atoms with Gasteiger partial charge in [0.15, 0.2) is 0 Å². The first-order valence-electron chi connectivity index (χ1n) is 6.29. The van der Waals surface area contributed by atoms with E-state index in [1.54, 1.807) is 0 Å². The van der Waals surface area contributed by atoms with Crippen LogP contribution in [0.3, 0.4) is 0 Å². The first kappa shape index (κ1) is 14.0. The summed E-state index contributed by atoms with van der Waals surface area (Å²) in [7, 11) is 0. The van der Waals surface area contributed by atoms with Crippen LogP contribution in [0, 0.1) is 25.2 Å². The van der Waals surface area contributed by atoms with Gasteiger partial charge in [-0.25, -0.2) is 0 Å². The minimum Gasteiger partial charge on any atom is -0.192 e. The van der Waals surface area contributed by atoms with Gasteiger partial charge < -0.3 is 0 Å². The summed E-state index contributed by atoms with van der Waals surface area (Å²) in [6.07, 6.45) is 0. The summed E-state index contributed by atoms with van der Waals surface area (Å²) in [6, 6.07) is 16.5. The van der Waals surface area contributed by atoms with E-state index < -0.39 is 0 Å². The van der Waals surface area contributed by atoms with Crippen molar-refractivity contribution < 1.29 is 0 Å². The molecule has 0 aliphatic heterocycles. The second kappa shape index (κ2) is 6.61. The standard InChI is InChI=1S/C15H13N.C2H6/c1-11-6-8-13(9-7-11)14-5-3-4-12(2)15(14)10-16;1-2/h3-9H,1-2H3;1-2H3. The van der Waals surface area contributed by atoms with Gasteiger partial charge in [-0.05, 0) is 30.5 Å². The van der Waals surface area contributed by atoms with Crippen molar-refractivity contribution in [2.45, 2.75) is 27.7 Å². The zero-order valence-corrected chi connectivity index (χ0v) is 11.5. The average Bonchev–Trinajstić information content (AvgIpc) is 2.41. The fourth-order valence-electron chi connectivity index (χ4n) is 1.79. The lowest BCUT2D eigenvalue weighted by atomic mass is 9.96. The predicted octanol–water partition coefficient (Wildman–Crippen LogP) is 4.87. The minimum atomic E-state index is 0.770. The summed E-state index contributed by atoms with van der Waals surface area (Å²) in [5.41, 5.74) is 5.15. The lowest BCUT2D eigenvalue weighted by Crippen LogP contribution is -1.88. The third kappa shape index (κ3) is 2.99. The number of benzene rings is 2. The number of hydrogen-bond acceptors (Lipinski definition) is 1. The summed E-state index contributed by atoms with van der Waals surface area (Å²) >= 11 is 0. The van der Waals surface area contributed by atoms with Gasteiger partial charge in [-0.3, -0.25) is 0 Å². The molecule has 1 nitrogen and oxygen atoms in total. The molecular formula is C17H19N. The van der Waals surface area contributed by atoms with Crippen LogP contribution >= 0.6 is 0 Å². The molecule has 0 N–H and O–H groups in total. The van der Waals surface area contributed by atoms with Gasteiger partial charge in [0.2, 0.25) is 0 Å². The lowest BCUT2D eigenvalue weighted by molar-refractivity contribution is 1.38. The van der Waals surface area contributed by atoms with Gasteiger partial charge in [0.05, 0.1) is 5.56 Å². The zero-order chi connectivity index (χ0) is 13.5. The van der Waals surface area contributed by atoms with E-state index >= 15 is 0 Å². The topological polar surface area (TPSA) is 23.8 Å². The Labute approximate surface area is 110 Å². The van der Waals surface area contributed by atoms with Crippen LogP contribution in [0.4, 0.5) is 0 Å².